The van der Waals surface area contributed by atoms with E-state index in [0.29, 0.717) is 21.9 Å². The number of nitriles is 2. The molecule has 0 fully saturated rings. The lowest BCUT2D eigenvalue weighted by Gasteiger charge is -2.15. The zero-order valence-corrected chi connectivity index (χ0v) is 18.4. The van der Waals surface area contributed by atoms with Gasteiger partial charge in [0.2, 0.25) is 5.91 Å². The molecule has 1 aromatic carbocycles. The molecule has 1 amide bonds. The number of anilines is 2. The Kier molecular flexibility index (Phi) is 6.74. The number of hydrogen-bond donors (Lipinski definition) is 2. The van der Waals surface area contributed by atoms with Crippen molar-refractivity contribution >= 4 is 40.1 Å². The van der Waals surface area contributed by atoms with Gasteiger partial charge in [0.25, 0.3) is 0 Å². The molecule has 0 aliphatic rings. The van der Waals surface area contributed by atoms with Gasteiger partial charge in [-0.3, -0.25) is 9.78 Å². The molecule has 0 unspecified atom stereocenters. The summed E-state index contributed by atoms with van der Waals surface area (Å²) < 4.78 is 0. The van der Waals surface area contributed by atoms with Crippen molar-refractivity contribution in [3.8, 4) is 12.1 Å². The van der Waals surface area contributed by atoms with E-state index >= 15 is 0 Å². The fourth-order valence-corrected chi connectivity index (χ4v) is 4.31. The lowest BCUT2D eigenvalue weighted by Crippen LogP contribution is -2.13. The number of carbonyl (C=O) groups is 1. The van der Waals surface area contributed by atoms with E-state index in [2.05, 4.69) is 27.4 Å². The molecule has 0 radical (unpaired) electrons. The van der Waals surface area contributed by atoms with Crippen LogP contribution < -0.4 is 11.1 Å². The predicted molar refractivity (Wildman–Crippen MR) is 123 cm³/mol. The van der Waals surface area contributed by atoms with Crippen LogP contribution in [0.1, 0.15) is 48.6 Å². The van der Waals surface area contributed by atoms with Crippen molar-refractivity contribution in [1.29, 1.82) is 10.5 Å². The summed E-state index contributed by atoms with van der Waals surface area (Å²) >= 11 is 1.29. The minimum Gasteiger partial charge on any atom is -0.383 e. The Hall–Kier alpha value is -3.62. The average Bonchev–Trinajstić information content (AvgIpc) is 2.73. The number of benzene rings is 1. The Morgan fingerprint density at radius 3 is 2.58 bits per heavy atom. The number of para-hydroxylation sites is 1. The second-order valence-electron chi connectivity index (χ2n) is 7.32. The molecule has 0 aliphatic heterocycles. The van der Waals surface area contributed by atoms with Gasteiger partial charge >= 0.3 is 0 Å². The van der Waals surface area contributed by atoms with E-state index in [9.17, 15) is 15.3 Å². The van der Waals surface area contributed by atoms with Crippen LogP contribution in [0.3, 0.4) is 0 Å². The summed E-state index contributed by atoms with van der Waals surface area (Å²) in [5, 5.41) is 23.3. The van der Waals surface area contributed by atoms with Crippen molar-refractivity contribution in [2.24, 2.45) is 0 Å². The molecule has 3 N–H and O–H groups in total. The predicted octanol–water partition coefficient (Wildman–Crippen LogP) is 4.51. The summed E-state index contributed by atoms with van der Waals surface area (Å²) in [6.07, 6.45) is 0.226. The number of rotatable bonds is 6. The molecule has 8 heteroatoms. The number of fused-ring (bicyclic) bond motifs is 1. The van der Waals surface area contributed by atoms with Crippen molar-refractivity contribution in [3.63, 3.8) is 0 Å². The van der Waals surface area contributed by atoms with Gasteiger partial charge in [0.05, 0.1) is 22.3 Å². The average molecular weight is 431 g/mol. The zero-order valence-electron chi connectivity index (χ0n) is 17.6. The number of nitrogens with zero attached hydrogens (tertiary/aromatic N) is 4. The number of hydrogen-bond acceptors (Lipinski definition) is 7. The normalized spacial score (nSPS) is 10.6. The highest BCUT2D eigenvalue weighted by Gasteiger charge is 2.21. The smallest absolute Gasteiger partial charge is 0.225 e. The molecule has 0 spiro atoms. The highest BCUT2D eigenvalue weighted by atomic mass is 32.2. The first-order valence-corrected chi connectivity index (χ1v) is 10.8. The summed E-state index contributed by atoms with van der Waals surface area (Å²) in [5.41, 5.74) is 9.51. The van der Waals surface area contributed by atoms with Crippen LogP contribution in [0.5, 0.6) is 0 Å². The second kappa shape index (κ2) is 9.46. The van der Waals surface area contributed by atoms with E-state index in [1.807, 2.05) is 51.1 Å². The molecule has 0 saturated heterocycles. The summed E-state index contributed by atoms with van der Waals surface area (Å²) in [4.78, 5) is 21.3. The van der Waals surface area contributed by atoms with E-state index in [-0.39, 0.29) is 29.6 Å². The van der Waals surface area contributed by atoms with Gasteiger partial charge in [0.15, 0.2) is 0 Å². The van der Waals surface area contributed by atoms with Gasteiger partial charge in [-0.1, -0.05) is 32.0 Å². The monoisotopic (exact) mass is 430 g/mol. The van der Waals surface area contributed by atoms with Crippen LogP contribution in [-0.4, -0.2) is 21.6 Å². The van der Waals surface area contributed by atoms with Crippen LogP contribution in [0.2, 0.25) is 0 Å². The molecule has 3 aromatic rings. The molecule has 156 valence electrons. The van der Waals surface area contributed by atoms with Crippen LogP contribution in [0, 0.1) is 29.6 Å². The Morgan fingerprint density at radius 1 is 1.19 bits per heavy atom. The fourth-order valence-electron chi connectivity index (χ4n) is 3.37. The third-order valence-corrected chi connectivity index (χ3v) is 5.69. The van der Waals surface area contributed by atoms with E-state index in [4.69, 9.17) is 5.73 Å². The lowest BCUT2D eigenvalue weighted by atomic mass is 9.94. The third kappa shape index (κ3) is 4.76. The first kappa shape index (κ1) is 22.1. The maximum atomic E-state index is 12.6. The number of nitrogens with two attached hydrogens (primary N) is 1. The van der Waals surface area contributed by atoms with Gasteiger partial charge in [-0.25, -0.2) is 4.98 Å². The summed E-state index contributed by atoms with van der Waals surface area (Å²) in [6, 6.07) is 13.7. The van der Waals surface area contributed by atoms with E-state index < -0.39 is 0 Å². The van der Waals surface area contributed by atoms with Crippen molar-refractivity contribution in [1.82, 2.24) is 9.97 Å². The number of thioether (sulfide) groups is 1. The fraction of sp³-hybridized carbons (Fsp3) is 0.261. The highest BCUT2D eigenvalue weighted by Crippen LogP contribution is 2.33. The van der Waals surface area contributed by atoms with Crippen LogP contribution >= 0.6 is 11.8 Å². The summed E-state index contributed by atoms with van der Waals surface area (Å²) in [6.45, 7) is 5.69. The van der Waals surface area contributed by atoms with E-state index in [0.717, 1.165) is 22.3 Å². The zero-order chi connectivity index (χ0) is 22.5. The number of aryl methyl sites for hydroxylation is 1. The Labute approximate surface area is 185 Å². The van der Waals surface area contributed by atoms with Gasteiger partial charge in [0, 0.05) is 23.3 Å². The maximum absolute atomic E-state index is 12.6. The molecular weight excluding hydrogens is 408 g/mol. The summed E-state index contributed by atoms with van der Waals surface area (Å²) in [7, 11) is 0. The van der Waals surface area contributed by atoms with Gasteiger partial charge in [-0.15, -0.1) is 11.8 Å². The lowest BCUT2D eigenvalue weighted by molar-refractivity contribution is -0.115. The number of amides is 1. The van der Waals surface area contributed by atoms with E-state index in [1.165, 1.54) is 11.8 Å². The van der Waals surface area contributed by atoms with Crippen molar-refractivity contribution in [2.45, 2.75) is 38.1 Å². The molecule has 0 aliphatic carbocycles. The maximum Gasteiger partial charge on any atom is 0.225 e. The van der Waals surface area contributed by atoms with E-state index in [1.54, 1.807) is 0 Å². The van der Waals surface area contributed by atoms with Crippen molar-refractivity contribution in [2.75, 3.05) is 16.8 Å². The van der Waals surface area contributed by atoms with Crippen molar-refractivity contribution in [3.05, 3.63) is 52.7 Å². The van der Waals surface area contributed by atoms with Gasteiger partial charge < -0.3 is 11.1 Å². The number of nitrogens with one attached hydrogen (secondary N) is 1. The molecule has 7 nitrogen and oxygen atoms in total. The quantitative estimate of drug-likeness (QED) is 0.551. The van der Waals surface area contributed by atoms with Gasteiger partial charge in [0.1, 0.15) is 23.0 Å². The van der Waals surface area contributed by atoms with Crippen LogP contribution in [0.15, 0.2) is 35.4 Å². The minimum atomic E-state index is -0.146. The van der Waals surface area contributed by atoms with Gasteiger partial charge in [-0.05, 0) is 30.5 Å². The Morgan fingerprint density at radius 2 is 1.90 bits per heavy atom. The molecule has 0 atom stereocenters. The largest absolute Gasteiger partial charge is 0.383 e. The number of nitrogen functional groups attached to an aromatic ring is 1. The molecule has 31 heavy (non-hydrogen) atoms. The second-order valence-corrected chi connectivity index (χ2v) is 8.40. The van der Waals surface area contributed by atoms with Crippen LogP contribution in [0.25, 0.3) is 10.9 Å². The number of pyridine rings is 2. The Balaban J connectivity index is 1.75. The first-order chi connectivity index (χ1) is 14.8. The topological polar surface area (TPSA) is 128 Å². The number of carbonyl (C=O) groups excluding carboxylic acids is 1. The third-order valence-electron chi connectivity index (χ3n) is 4.72. The van der Waals surface area contributed by atoms with Gasteiger partial charge in [-0.2, -0.15) is 10.5 Å². The molecule has 0 saturated carbocycles. The first-order valence-electron chi connectivity index (χ1n) is 9.78. The van der Waals surface area contributed by atoms with Crippen LogP contribution in [0.4, 0.5) is 11.5 Å². The highest BCUT2D eigenvalue weighted by molar-refractivity contribution is 7.99. The SMILES string of the molecule is Cc1cc(NC(=O)CCSc2nc(N)c(C#N)c(C(C)C)c2C#N)c2ccccc2n1. The molecule has 3 rings (SSSR count). The summed E-state index contributed by atoms with van der Waals surface area (Å²) in [5.74, 6) is 0.321. The Bertz CT molecular complexity index is 1240. The molecule has 0 bridgehead atoms. The minimum absolute atomic E-state index is 0.0551. The molecule has 2 heterocycles. The molecule has 2 aromatic heterocycles. The van der Waals surface area contributed by atoms with Crippen LogP contribution in [-0.2, 0) is 4.79 Å². The molecular formula is C23H22N6OS. The standard InChI is InChI=1S/C23H22N6OS/c1-13(2)21-16(11-24)22(26)29-23(17(21)12-25)31-9-8-20(30)28-19-10-14(3)27-18-7-5-4-6-15(18)19/h4-7,10,13H,8-9H2,1-3H3,(H2,26,29)(H,27,28,30). The van der Waals surface area contributed by atoms with Crippen molar-refractivity contribution < 1.29 is 4.79 Å². The number of aromatic nitrogens is 2.